The molecule has 5 fully saturated rings. The Labute approximate surface area is 280 Å². The van der Waals surface area contributed by atoms with Gasteiger partial charge in [0.1, 0.15) is 5.82 Å². The number of esters is 1. The van der Waals surface area contributed by atoms with Gasteiger partial charge in [-0.25, -0.2) is 12.8 Å². The van der Waals surface area contributed by atoms with E-state index in [-0.39, 0.29) is 28.4 Å². The number of likely N-dealkylation sites (tertiary alicyclic amines) is 2. The summed E-state index contributed by atoms with van der Waals surface area (Å²) in [5.74, 6) is 1.32. The number of carbonyl (C=O) groups excluding carboxylic acids is 1. The quantitative estimate of drug-likeness (QED) is 0.261. The van der Waals surface area contributed by atoms with E-state index in [0.29, 0.717) is 29.1 Å². The zero-order chi connectivity index (χ0) is 32.6. The zero-order valence-electron chi connectivity index (χ0n) is 28.0. The number of hydrogen-bond donors (Lipinski definition) is 0. The van der Waals surface area contributed by atoms with Crippen LogP contribution in [0.5, 0.6) is 0 Å². The second kappa shape index (κ2) is 13.8. The van der Waals surface area contributed by atoms with Gasteiger partial charge in [-0.05, 0) is 131 Å². The normalized spacial score (nSPS) is 26.3. The Morgan fingerprint density at radius 1 is 0.894 bits per heavy atom. The third-order valence-corrected chi connectivity index (χ3v) is 14.9. The van der Waals surface area contributed by atoms with Crippen LogP contribution in [-0.2, 0) is 24.8 Å². The minimum atomic E-state index is -3.19. The number of benzene rings is 2. The van der Waals surface area contributed by atoms with Crippen LogP contribution in [0.4, 0.5) is 10.1 Å². The van der Waals surface area contributed by atoms with Crippen molar-refractivity contribution in [3.63, 3.8) is 0 Å². The smallest absolute Gasteiger partial charge is 0.305 e. The fourth-order valence-corrected chi connectivity index (χ4v) is 11.5. The van der Waals surface area contributed by atoms with Crippen molar-refractivity contribution in [1.82, 2.24) is 9.80 Å². The highest BCUT2D eigenvalue weighted by molar-refractivity contribution is 7.92. The predicted octanol–water partition coefficient (Wildman–Crippen LogP) is 5.92. The number of sulfone groups is 1. The molecule has 47 heavy (non-hydrogen) atoms. The summed E-state index contributed by atoms with van der Waals surface area (Å²) < 4.78 is 45.7. The Kier molecular flexibility index (Phi) is 9.69. The zero-order valence-corrected chi connectivity index (χ0v) is 28.8. The molecule has 256 valence electrons. The topological polar surface area (TPSA) is 70.2 Å². The average Bonchev–Trinajstić information content (AvgIpc) is 3.46. The van der Waals surface area contributed by atoms with Crippen molar-refractivity contribution in [3.05, 3.63) is 59.9 Å². The Hall–Kier alpha value is -2.49. The van der Waals surface area contributed by atoms with Crippen molar-refractivity contribution in [2.75, 3.05) is 64.4 Å². The Morgan fingerprint density at radius 3 is 2.23 bits per heavy atom. The van der Waals surface area contributed by atoms with E-state index in [4.69, 9.17) is 4.74 Å². The van der Waals surface area contributed by atoms with Crippen LogP contribution in [0.15, 0.2) is 53.4 Å². The maximum absolute atomic E-state index is 14.9. The van der Waals surface area contributed by atoms with E-state index in [2.05, 4.69) is 20.8 Å². The number of hydrogen-bond acceptors (Lipinski definition) is 7. The molecule has 2 saturated carbocycles. The van der Waals surface area contributed by atoms with E-state index in [9.17, 15) is 17.6 Å². The molecule has 0 amide bonds. The number of halogens is 1. The summed E-state index contributed by atoms with van der Waals surface area (Å²) in [6.07, 6.45) is 9.65. The first-order valence-electron chi connectivity index (χ1n) is 18.1. The summed E-state index contributed by atoms with van der Waals surface area (Å²) in [5.41, 5.74) is 2.05. The number of piperidine rings is 1. The second-order valence-electron chi connectivity index (χ2n) is 15.2. The molecular formula is C38H52FN3O4S. The minimum absolute atomic E-state index is 0.127. The highest BCUT2D eigenvalue weighted by Gasteiger charge is 2.53. The van der Waals surface area contributed by atoms with Gasteiger partial charge in [0.15, 0.2) is 9.84 Å². The molecule has 3 aliphatic heterocycles. The molecular weight excluding hydrogens is 614 g/mol. The van der Waals surface area contributed by atoms with Gasteiger partial charge in [-0.2, -0.15) is 0 Å². The van der Waals surface area contributed by atoms with Gasteiger partial charge >= 0.3 is 5.97 Å². The van der Waals surface area contributed by atoms with Crippen LogP contribution < -0.4 is 4.90 Å². The number of rotatable bonds is 12. The van der Waals surface area contributed by atoms with Gasteiger partial charge < -0.3 is 19.4 Å². The molecule has 7 nitrogen and oxygen atoms in total. The highest BCUT2D eigenvalue weighted by atomic mass is 32.2. The molecule has 0 spiro atoms. The fraction of sp³-hybridized carbons (Fsp3) is 0.658. The predicted molar refractivity (Wildman–Crippen MR) is 183 cm³/mol. The third-order valence-electron chi connectivity index (χ3n) is 12.6. The van der Waals surface area contributed by atoms with E-state index < -0.39 is 9.84 Å². The first kappa shape index (κ1) is 33.0. The van der Waals surface area contributed by atoms with E-state index >= 15 is 0 Å². The third kappa shape index (κ3) is 6.61. The largest absolute Gasteiger partial charge is 0.469 e. The molecule has 3 saturated heterocycles. The lowest BCUT2D eigenvalue weighted by atomic mass is 9.56. The highest BCUT2D eigenvalue weighted by Crippen LogP contribution is 2.54. The lowest BCUT2D eigenvalue weighted by molar-refractivity contribution is -0.142. The van der Waals surface area contributed by atoms with Crippen molar-refractivity contribution >= 4 is 21.5 Å². The van der Waals surface area contributed by atoms with Gasteiger partial charge in [0, 0.05) is 49.6 Å². The van der Waals surface area contributed by atoms with Crippen LogP contribution in [0.3, 0.4) is 0 Å². The molecule has 0 aromatic heterocycles. The molecule has 3 heterocycles. The molecule has 9 heteroatoms. The summed E-state index contributed by atoms with van der Waals surface area (Å²) in [6.45, 7) is 8.29. The number of carbonyl (C=O) groups is 1. The van der Waals surface area contributed by atoms with E-state index in [1.165, 1.54) is 13.5 Å². The molecule has 0 N–H and O–H groups in total. The molecule has 2 aromatic rings. The first-order chi connectivity index (χ1) is 22.8. The molecule has 5 aliphatic rings. The van der Waals surface area contributed by atoms with Crippen molar-refractivity contribution in [3.8, 4) is 0 Å². The number of methoxy groups -OCH3 is 1. The Morgan fingerprint density at radius 2 is 1.62 bits per heavy atom. The number of anilines is 1. The van der Waals surface area contributed by atoms with E-state index in [1.54, 1.807) is 24.3 Å². The van der Waals surface area contributed by atoms with Crippen LogP contribution in [-0.4, -0.2) is 88.9 Å². The fourth-order valence-electron chi connectivity index (χ4n) is 9.65. The van der Waals surface area contributed by atoms with Gasteiger partial charge in [-0.1, -0.05) is 25.0 Å². The molecule has 0 radical (unpaired) electrons. The standard InChI is InChI=1S/C38H52FN3O4S/c1-46-37(43)22-29-6-2-11-36(29)38(27-41-18-5-19-41,31-7-3-8-32(39)23-31)30-16-20-40(21-17-30)24-28-25-42(26-28)33-12-14-35(15-13-33)47(44,45)34-9-4-10-34/h3,7-8,12-15,23,28-30,34,36H,2,4-6,9-11,16-22,24-27H2,1H3/t29-,36+,38+/m1/s1. The van der Waals surface area contributed by atoms with Crippen LogP contribution in [0, 0.1) is 29.5 Å². The maximum Gasteiger partial charge on any atom is 0.305 e. The van der Waals surface area contributed by atoms with Gasteiger partial charge in [0.25, 0.3) is 0 Å². The monoisotopic (exact) mass is 665 g/mol. The summed E-state index contributed by atoms with van der Waals surface area (Å²) in [5, 5.41) is -0.194. The second-order valence-corrected chi connectivity index (χ2v) is 17.4. The van der Waals surface area contributed by atoms with Gasteiger partial charge in [0.2, 0.25) is 0 Å². The van der Waals surface area contributed by atoms with Crippen molar-refractivity contribution < 1.29 is 22.3 Å². The molecule has 0 unspecified atom stereocenters. The SMILES string of the molecule is COC(=O)C[C@H]1CCC[C@@H]1[C@](CN1CCC1)(c1cccc(F)c1)C1CCN(CC2CN(c3ccc(S(=O)(=O)C4CCC4)cc3)C2)CC1. The molecule has 2 aromatic carbocycles. The summed E-state index contributed by atoms with van der Waals surface area (Å²) in [6, 6.07) is 15.0. The number of ether oxygens (including phenoxy) is 1. The summed E-state index contributed by atoms with van der Waals surface area (Å²) in [4.78, 5) is 20.6. The maximum atomic E-state index is 14.9. The van der Waals surface area contributed by atoms with E-state index in [0.717, 1.165) is 115 Å². The van der Waals surface area contributed by atoms with Crippen LogP contribution in [0.1, 0.15) is 69.8 Å². The lowest BCUT2D eigenvalue weighted by Crippen LogP contribution is -2.58. The summed E-state index contributed by atoms with van der Waals surface area (Å²) in [7, 11) is -1.70. The molecule has 2 aliphatic carbocycles. The number of nitrogens with zero attached hydrogens (tertiary/aromatic N) is 3. The Bertz CT molecular complexity index is 1500. The van der Waals surface area contributed by atoms with Crippen molar-refractivity contribution in [2.45, 2.75) is 79.8 Å². The Balaban J connectivity index is 1.02. The molecule has 3 atom stereocenters. The van der Waals surface area contributed by atoms with Crippen molar-refractivity contribution in [1.29, 1.82) is 0 Å². The van der Waals surface area contributed by atoms with Crippen LogP contribution in [0.25, 0.3) is 0 Å². The summed E-state index contributed by atoms with van der Waals surface area (Å²) >= 11 is 0. The lowest BCUT2D eigenvalue weighted by Gasteiger charge is -2.54. The first-order valence-corrected chi connectivity index (χ1v) is 19.7. The molecule has 0 bridgehead atoms. The van der Waals surface area contributed by atoms with Crippen molar-refractivity contribution in [2.24, 2.45) is 23.7 Å². The molecule has 7 rings (SSSR count). The van der Waals surface area contributed by atoms with Gasteiger partial charge in [-0.3, -0.25) is 4.79 Å². The van der Waals surface area contributed by atoms with Gasteiger partial charge in [0.05, 0.1) is 17.3 Å². The van der Waals surface area contributed by atoms with E-state index in [1.807, 2.05) is 18.2 Å². The van der Waals surface area contributed by atoms with Crippen LogP contribution in [0.2, 0.25) is 0 Å². The van der Waals surface area contributed by atoms with Crippen LogP contribution >= 0.6 is 0 Å². The van der Waals surface area contributed by atoms with Gasteiger partial charge in [-0.15, -0.1) is 0 Å². The average molecular weight is 666 g/mol. The minimum Gasteiger partial charge on any atom is -0.469 e.